The van der Waals surface area contributed by atoms with Crippen molar-refractivity contribution in [3.63, 3.8) is 0 Å². The van der Waals surface area contributed by atoms with Crippen LogP contribution in [-0.2, 0) is 17.8 Å². The largest absolute Gasteiger partial charge is 0.381 e. The van der Waals surface area contributed by atoms with Crippen LogP contribution in [-0.4, -0.2) is 39.1 Å². The Morgan fingerprint density at radius 2 is 1.89 bits per heavy atom. The van der Waals surface area contributed by atoms with Gasteiger partial charge in [0.25, 0.3) is 5.56 Å². The highest BCUT2D eigenvalue weighted by atomic mass is 35.5. The van der Waals surface area contributed by atoms with Gasteiger partial charge in [0.15, 0.2) is 5.65 Å². The van der Waals surface area contributed by atoms with Gasteiger partial charge in [-0.05, 0) is 37.1 Å². The molecule has 140 valence electrons. The van der Waals surface area contributed by atoms with Gasteiger partial charge in [-0.1, -0.05) is 11.6 Å². The first kappa shape index (κ1) is 16.8. The van der Waals surface area contributed by atoms with E-state index in [1.165, 1.54) is 0 Å². The molecular formula is C19H20ClN5O2. The van der Waals surface area contributed by atoms with E-state index < -0.39 is 0 Å². The van der Waals surface area contributed by atoms with E-state index in [0.29, 0.717) is 29.1 Å². The van der Waals surface area contributed by atoms with Crippen molar-refractivity contribution in [2.75, 3.05) is 24.7 Å². The van der Waals surface area contributed by atoms with Crippen LogP contribution in [0.25, 0.3) is 11.0 Å². The van der Waals surface area contributed by atoms with Crippen molar-refractivity contribution in [1.82, 2.24) is 19.3 Å². The molecule has 0 radical (unpaired) electrons. The van der Waals surface area contributed by atoms with Crippen LogP contribution in [0, 0.1) is 0 Å². The average Bonchev–Trinajstić information content (AvgIpc) is 3.13. The van der Waals surface area contributed by atoms with Crippen LogP contribution >= 0.6 is 11.6 Å². The molecule has 7 nitrogen and oxygen atoms in total. The van der Waals surface area contributed by atoms with Crippen molar-refractivity contribution in [2.45, 2.75) is 32.0 Å². The van der Waals surface area contributed by atoms with Gasteiger partial charge in [-0.2, -0.15) is 5.10 Å². The van der Waals surface area contributed by atoms with E-state index in [-0.39, 0.29) is 11.6 Å². The normalized spacial score (nSPS) is 18.0. The topological polar surface area (TPSA) is 65.2 Å². The predicted octanol–water partition coefficient (Wildman–Crippen LogP) is 2.62. The molecule has 8 heteroatoms. The van der Waals surface area contributed by atoms with Gasteiger partial charge in [-0.25, -0.2) is 9.67 Å². The molecule has 0 aliphatic carbocycles. The van der Waals surface area contributed by atoms with Crippen LogP contribution in [0.5, 0.6) is 0 Å². The molecule has 5 rings (SSSR count). The molecule has 2 aliphatic heterocycles. The number of rotatable bonds is 2. The number of aromatic nitrogens is 4. The number of halogens is 1. The van der Waals surface area contributed by atoms with Crippen molar-refractivity contribution < 1.29 is 4.74 Å². The first-order valence-electron chi connectivity index (χ1n) is 9.26. The molecule has 1 fully saturated rings. The van der Waals surface area contributed by atoms with Gasteiger partial charge in [-0.3, -0.25) is 9.36 Å². The maximum absolute atomic E-state index is 13.0. The second-order valence-corrected chi connectivity index (χ2v) is 7.49. The Bertz CT molecular complexity index is 1040. The van der Waals surface area contributed by atoms with E-state index in [0.717, 1.165) is 44.1 Å². The zero-order chi connectivity index (χ0) is 18.4. The maximum Gasteiger partial charge on any atom is 0.264 e. The Kier molecular flexibility index (Phi) is 4.13. The summed E-state index contributed by atoms with van der Waals surface area (Å²) >= 11 is 6.00. The minimum Gasteiger partial charge on any atom is -0.381 e. The standard InChI is InChI=1S/C19H20ClN5O2/c20-13-1-3-14(4-2-13)23-7-8-24-17(12-23)22-18-16(19(24)26)11-21-25(18)15-5-9-27-10-6-15/h1-4,11,15H,5-10,12H2. The van der Waals surface area contributed by atoms with Gasteiger partial charge >= 0.3 is 0 Å². The number of hydrogen-bond acceptors (Lipinski definition) is 5. The van der Waals surface area contributed by atoms with Crippen molar-refractivity contribution in [3.8, 4) is 0 Å². The Balaban J connectivity index is 1.54. The fourth-order valence-corrected chi connectivity index (χ4v) is 4.08. The quantitative estimate of drug-likeness (QED) is 0.678. The van der Waals surface area contributed by atoms with Gasteiger partial charge < -0.3 is 9.64 Å². The Labute approximate surface area is 161 Å². The molecule has 2 aliphatic rings. The first-order chi connectivity index (χ1) is 13.2. The van der Waals surface area contributed by atoms with Crippen molar-refractivity contribution in [3.05, 3.63) is 51.7 Å². The summed E-state index contributed by atoms with van der Waals surface area (Å²) in [4.78, 5) is 20.0. The minimum absolute atomic E-state index is 0.00376. The first-order valence-corrected chi connectivity index (χ1v) is 9.64. The summed E-state index contributed by atoms with van der Waals surface area (Å²) in [5.74, 6) is 0.780. The summed E-state index contributed by atoms with van der Waals surface area (Å²) in [6, 6.07) is 8.01. The number of nitrogens with zero attached hydrogens (tertiary/aromatic N) is 5. The lowest BCUT2D eigenvalue weighted by molar-refractivity contribution is 0.0673. The van der Waals surface area contributed by atoms with E-state index in [1.54, 1.807) is 10.8 Å². The Morgan fingerprint density at radius 3 is 2.67 bits per heavy atom. The molecule has 1 aromatic carbocycles. The summed E-state index contributed by atoms with van der Waals surface area (Å²) in [5.41, 5.74) is 1.78. The van der Waals surface area contributed by atoms with E-state index in [4.69, 9.17) is 21.3 Å². The van der Waals surface area contributed by atoms with Gasteiger partial charge in [0.2, 0.25) is 0 Å². The molecule has 4 heterocycles. The SMILES string of the molecule is O=c1c2cnn(C3CCOCC3)c2nc2n1CCN(c1ccc(Cl)cc1)C2. The van der Waals surface area contributed by atoms with Crippen LogP contribution in [0.2, 0.25) is 5.02 Å². The minimum atomic E-state index is 0.00376. The monoisotopic (exact) mass is 385 g/mol. The highest BCUT2D eigenvalue weighted by Crippen LogP contribution is 2.25. The van der Waals surface area contributed by atoms with Crippen molar-refractivity contribution in [1.29, 1.82) is 0 Å². The molecule has 0 atom stereocenters. The van der Waals surface area contributed by atoms with Crippen LogP contribution in [0.3, 0.4) is 0 Å². The molecule has 2 aromatic heterocycles. The predicted molar refractivity (Wildman–Crippen MR) is 103 cm³/mol. The van der Waals surface area contributed by atoms with Crippen LogP contribution in [0.1, 0.15) is 24.7 Å². The number of benzene rings is 1. The molecule has 0 bridgehead atoms. The maximum atomic E-state index is 13.0. The molecular weight excluding hydrogens is 366 g/mol. The Morgan fingerprint density at radius 1 is 1.11 bits per heavy atom. The summed E-state index contributed by atoms with van der Waals surface area (Å²) in [6.45, 7) is 3.41. The van der Waals surface area contributed by atoms with Crippen LogP contribution in [0.15, 0.2) is 35.3 Å². The third-order valence-electron chi connectivity index (χ3n) is 5.45. The Hall–Kier alpha value is -2.38. The molecule has 0 N–H and O–H groups in total. The molecule has 27 heavy (non-hydrogen) atoms. The van der Waals surface area contributed by atoms with Crippen LogP contribution in [0.4, 0.5) is 5.69 Å². The lowest BCUT2D eigenvalue weighted by atomic mass is 10.1. The summed E-state index contributed by atoms with van der Waals surface area (Å²) in [7, 11) is 0. The zero-order valence-corrected chi connectivity index (χ0v) is 15.6. The second kappa shape index (κ2) is 6.65. The summed E-state index contributed by atoms with van der Waals surface area (Å²) in [5, 5.41) is 5.81. The van der Waals surface area contributed by atoms with E-state index in [1.807, 2.05) is 28.9 Å². The van der Waals surface area contributed by atoms with E-state index in [9.17, 15) is 4.79 Å². The smallest absolute Gasteiger partial charge is 0.264 e. The summed E-state index contributed by atoms with van der Waals surface area (Å²) < 4.78 is 9.15. The van der Waals surface area contributed by atoms with Crippen molar-refractivity contribution >= 4 is 28.3 Å². The average molecular weight is 386 g/mol. The van der Waals surface area contributed by atoms with Gasteiger partial charge in [0.05, 0.1) is 18.8 Å². The molecule has 0 unspecified atom stereocenters. The zero-order valence-electron chi connectivity index (χ0n) is 14.8. The fourth-order valence-electron chi connectivity index (χ4n) is 3.95. The number of ether oxygens (including phenoxy) is 1. The van der Waals surface area contributed by atoms with E-state index >= 15 is 0 Å². The highest BCUT2D eigenvalue weighted by molar-refractivity contribution is 6.30. The van der Waals surface area contributed by atoms with Gasteiger partial charge in [0.1, 0.15) is 11.2 Å². The lowest BCUT2D eigenvalue weighted by Gasteiger charge is -2.31. The highest BCUT2D eigenvalue weighted by Gasteiger charge is 2.25. The third-order valence-corrected chi connectivity index (χ3v) is 5.70. The molecule has 0 amide bonds. The molecule has 0 spiro atoms. The third kappa shape index (κ3) is 2.91. The fraction of sp³-hybridized carbons (Fsp3) is 0.421. The van der Waals surface area contributed by atoms with Gasteiger partial charge in [0, 0.05) is 37.0 Å². The summed E-state index contributed by atoms with van der Waals surface area (Å²) in [6.07, 6.45) is 3.46. The molecule has 0 saturated carbocycles. The van der Waals surface area contributed by atoms with Gasteiger partial charge in [-0.15, -0.1) is 0 Å². The lowest BCUT2D eigenvalue weighted by Crippen LogP contribution is -2.40. The number of fused-ring (bicyclic) bond motifs is 2. The molecule has 3 aromatic rings. The second-order valence-electron chi connectivity index (χ2n) is 7.05. The number of hydrogen-bond donors (Lipinski definition) is 0. The number of anilines is 1. The molecule has 1 saturated heterocycles. The van der Waals surface area contributed by atoms with E-state index in [2.05, 4.69) is 10.00 Å². The van der Waals surface area contributed by atoms with Crippen molar-refractivity contribution in [2.24, 2.45) is 0 Å². The van der Waals surface area contributed by atoms with Crippen LogP contribution < -0.4 is 10.5 Å².